The van der Waals surface area contributed by atoms with Gasteiger partial charge in [0.25, 0.3) is 5.69 Å². The Morgan fingerprint density at radius 3 is 2.39 bits per heavy atom. The van der Waals surface area contributed by atoms with E-state index in [0.717, 1.165) is 5.70 Å². The minimum Gasteiger partial charge on any atom is -0.368 e. The molecule has 2 heterocycles. The van der Waals surface area contributed by atoms with Crippen molar-refractivity contribution in [2.24, 2.45) is 11.3 Å². The number of nitrogens with one attached hydrogen (secondary N) is 3. The fraction of sp³-hybridized carbons (Fsp3) is 0.421. The zero-order valence-electron chi connectivity index (χ0n) is 15.4. The van der Waals surface area contributed by atoms with Crippen LogP contribution in [-0.2, 0) is 9.59 Å². The monoisotopic (exact) mass is 384 g/mol. The average molecular weight is 384 g/mol. The van der Waals surface area contributed by atoms with E-state index in [1.54, 1.807) is 12.1 Å². The highest BCUT2D eigenvalue weighted by atomic mass is 16.6. The van der Waals surface area contributed by atoms with Crippen LogP contribution in [0.1, 0.15) is 38.2 Å². The normalized spacial score (nSPS) is 28.5. The van der Waals surface area contributed by atoms with Crippen molar-refractivity contribution >= 4 is 23.4 Å². The van der Waals surface area contributed by atoms with E-state index < -0.39 is 34.9 Å². The van der Waals surface area contributed by atoms with E-state index >= 15 is 0 Å². The summed E-state index contributed by atoms with van der Waals surface area (Å²) in [5, 5.41) is 19.1. The Labute approximate surface area is 160 Å². The topological polar surface area (TPSA) is 130 Å². The number of nitrogens with zero attached hydrogens (tertiary/aromatic N) is 1. The number of carbonyl (C=O) groups is 3. The molecule has 1 fully saturated rings. The van der Waals surface area contributed by atoms with Gasteiger partial charge in [-0.1, -0.05) is 26.0 Å². The van der Waals surface area contributed by atoms with Gasteiger partial charge in [-0.05, 0) is 17.4 Å². The number of hydrogen-bond acceptors (Lipinski definition) is 6. The number of urea groups is 1. The Bertz CT molecular complexity index is 934. The number of Topliss-reactive ketones (excluding diaryl/α,β-unsaturated/α-hetero) is 1. The molecule has 1 aromatic carbocycles. The SMILES string of the molecule is CC1(C)CC(=O)C2=C(C1)NC1NC(=O)NC(=O)C1C2c1ccc([N+](=O)[O-])cc1. The predicted molar refractivity (Wildman–Crippen MR) is 98.0 cm³/mol. The first kappa shape index (κ1) is 18.1. The summed E-state index contributed by atoms with van der Waals surface area (Å²) < 4.78 is 0. The molecule has 28 heavy (non-hydrogen) atoms. The number of hydrogen-bond donors (Lipinski definition) is 3. The van der Waals surface area contributed by atoms with Crippen molar-refractivity contribution in [2.75, 3.05) is 0 Å². The first-order valence-electron chi connectivity index (χ1n) is 9.05. The summed E-state index contributed by atoms with van der Waals surface area (Å²) in [5.41, 5.74) is 1.58. The second-order valence-corrected chi connectivity index (χ2v) is 8.27. The number of benzene rings is 1. The highest BCUT2D eigenvalue weighted by Gasteiger charge is 2.50. The number of rotatable bonds is 2. The molecular formula is C19H20N4O5. The first-order valence-corrected chi connectivity index (χ1v) is 9.05. The van der Waals surface area contributed by atoms with Gasteiger partial charge >= 0.3 is 6.03 Å². The summed E-state index contributed by atoms with van der Waals surface area (Å²) >= 11 is 0. The molecule has 9 nitrogen and oxygen atoms in total. The number of carbonyl (C=O) groups excluding carboxylic acids is 3. The van der Waals surface area contributed by atoms with Crippen LogP contribution in [0.15, 0.2) is 35.5 Å². The molecule has 0 saturated carbocycles. The fourth-order valence-electron chi connectivity index (χ4n) is 4.45. The molecule has 146 valence electrons. The number of fused-ring (bicyclic) bond motifs is 1. The molecular weight excluding hydrogens is 364 g/mol. The zero-order chi connectivity index (χ0) is 20.2. The van der Waals surface area contributed by atoms with E-state index in [4.69, 9.17) is 0 Å². The van der Waals surface area contributed by atoms with Crippen LogP contribution in [0.25, 0.3) is 0 Å². The smallest absolute Gasteiger partial charge is 0.323 e. The molecule has 3 aliphatic rings. The van der Waals surface area contributed by atoms with Gasteiger partial charge in [-0.2, -0.15) is 0 Å². The van der Waals surface area contributed by atoms with Crippen LogP contribution in [0.3, 0.4) is 0 Å². The molecule has 0 bridgehead atoms. The van der Waals surface area contributed by atoms with Crippen LogP contribution >= 0.6 is 0 Å². The molecule has 0 spiro atoms. The highest BCUT2D eigenvalue weighted by molar-refractivity contribution is 6.04. The van der Waals surface area contributed by atoms with Crippen molar-refractivity contribution < 1.29 is 19.3 Å². The fourth-order valence-corrected chi connectivity index (χ4v) is 4.45. The predicted octanol–water partition coefficient (Wildman–Crippen LogP) is 1.71. The number of non-ortho nitro benzene ring substituents is 1. The van der Waals surface area contributed by atoms with Gasteiger partial charge in [-0.15, -0.1) is 0 Å². The maximum Gasteiger partial charge on any atom is 0.323 e. The summed E-state index contributed by atoms with van der Waals surface area (Å²) in [7, 11) is 0. The molecule has 1 saturated heterocycles. The molecule has 0 aromatic heterocycles. The second-order valence-electron chi connectivity index (χ2n) is 8.27. The number of amides is 3. The Balaban J connectivity index is 1.85. The summed E-state index contributed by atoms with van der Waals surface area (Å²) in [6.07, 6.45) is 0.308. The van der Waals surface area contributed by atoms with Gasteiger partial charge in [-0.3, -0.25) is 25.0 Å². The van der Waals surface area contributed by atoms with Crippen LogP contribution in [0.5, 0.6) is 0 Å². The standard InChI is InChI=1S/C19H20N4O5/c1-19(2)7-11-14(12(24)8-19)13(9-3-5-10(6-4-9)23(27)28)15-16(20-11)21-18(26)22-17(15)25/h3-6,13,15-16,20H,7-8H2,1-2H3,(H2,21,22,25,26). The van der Waals surface area contributed by atoms with E-state index in [1.165, 1.54) is 12.1 Å². The molecule has 1 aliphatic carbocycles. The molecule has 9 heteroatoms. The number of ketones is 1. The molecule has 3 atom stereocenters. The van der Waals surface area contributed by atoms with E-state index in [1.807, 2.05) is 13.8 Å². The number of nitro benzene ring substituents is 1. The lowest BCUT2D eigenvalue weighted by atomic mass is 9.66. The van der Waals surface area contributed by atoms with E-state index in [9.17, 15) is 24.5 Å². The lowest BCUT2D eigenvalue weighted by molar-refractivity contribution is -0.384. The third-order valence-electron chi connectivity index (χ3n) is 5.57. The van der Waals surface area contributed by atoms with Crippen LogP contribution in [0, 0.1) is 21.4 Å². The van der Waals surface area contributed by atoms with Crippen LogP contribution in [0.2, 0.25) is 0 Å². The summed E-state index contributed by atoms with van der Waals surface area (Å²) in [4.78, 5) is 48.0. The van der Waals surface area contributed by atoms with Crippen LogP contribution in [0.4, 0.5) is 10.5 Å². The first-order chi connectivity index (χ1) is 13.2. The maximum atomic E-state index is 13.0. The summed E-state index contributed by atoms with van der Waals surface area (Å²) in [6.45, 7) is 3.99. The van der Waals surface area contributed by atoms with Gasteiger partial charge in [0, 0.05) is 35.7 Å². The largest absolute Gasteiger partial charge is 0.368 e. The van der Waals surface area contributed by atoms with Crippen molar-refractivity contribution in [1.29, 1.82) is 0 Å². The average Bonchev–Trinajstić information content (AvgIpc) is 2.58. The molecule has 3 N–H and O–H groups in total. The Morgan fingerprint density at radius 1 is 1.07 bits per heavy atom. The Kier molecular flexibility index (Phi) is 3.99. The van der Waals surface area contributed by atoms with Crippen LogP contribution < -0.4 is 16.0 Å². The Hall–Kier alpha value is -3.23. The van der Waals surface area contributed by atoms with Crippen molar-refractivity contribution in [3.05, 3.63) is 51.2 Å². The minimum atomic E-state index is -0.733. The molecule has 3 unspecified atom stereocenters. The van der Waals surface area contributed by atoms with Gasteiger partial charge in [0.05, 0.1) is 10.8 Å². The van der Waals surface area contributed by atoms with Crippen molar-refractivity contribution in [2.45, 2.75) is 38.8 Å². The van der Waals surface area contributed by atoms with Crippen molar-refractivity contribution in [3.8, 4) is 0 Å². The summed E-state index contributed by atoms with van der Waals surface area (Å²) in [6, 6.07) is 5.29. The quantitative estimate of drug-likeness (QED) is 0.526. The molecule has 2 aliphatic heterocycles. The number of nitro groups is 1. The van der Waals surface area contributed by atoms with Gasteiger partial charge in [-0.25, -0.2) is 4.79 Å². The van der Waals surface area contributed by atoms with E-state index in [-0.39, 0.29) is 16.9 Å². The van der Waals surface area contributed by atoms with Gasteiger partial charge < -0.3 is 10.6 Å². The van der Waals surface area contributed by atoms with Gasteiger partial charge in [0.15, 0.2) is 5.78 Å². The highest BCUT2D eigenvalue weighted by Crippen LogP contribution is 2.47. The summed E-state index contributed by atoms with van der Waals surface area (Å²) in [5.74, 6) is -1.85. The van der Waals surface area contributed by atoms with Gasteiger partial charge in [0.2, 0.25) is 5.91 Å². The van der Waals surface area contributed by atoms with Crippen molar-refractivity contribution in [1.82, 2.24) is 16.0 Å². The third kappa shape index (κ3) is 2.92. The zero-order valence-corrected chi connectivity index (χ0v) is 15.4. The number of imide groups is 1. The number of allylic oxidation sites excluding steroid dienone is 2. The Morgan fingerprint density at radius 2 is 1.75 bits per heavy atom. The minimum absolute atomic E-state index is 0.0507. The van der Waals surface area contributed by atoms with E-state index in [2.05, 4.69) is 16.0 Å². The second kappa shape index (κ2) is 6.15. The lowest BCUT2D eigenvalue weighted by Crippen LogP contribution is -2.66. The lowest BCUT2D eigenvalue weighted by Gasteiger charge is -2.46. The van der Waals surface area contributed by atoms with E-state index in [0.29, 0.717) is 24.0 Å². The molecule has 4 rings (SSSR count). The van der Waals surface area contributed by atoms with Crippen LogP contribution in [-0.4, -0.2) is 28.8 Å². The maximum absolute atomic E-state index is 13.0. The molecule has 0 radical (unpaired) electrons. The molecule has 3 amide bonds. The molecule has 1 aromatic rings. The van der Waals surface area contributed by atoms with Crippen molar-refractivity contribution in [3.63, 3.8) is 0 Å². The van der Waals surface area contributed by atoms with Gasteiger partial charge in [0.1, 0.15) is 6.17 Å². The third-order valence-corrected chi connectivity index (χ3v) is 5.57.